The number of carbonyl (C=O) groups excluding carboxylic acids is 1. The third-order valence-electron chi connectivity index (χ3n) is 0.945. The summed E-state index contributed by atoms with van der Waals surface area (Å²) in [5.74, 6) is 0. The summed E-state index contributed by atoms with van der Waals surface area (Å²) in [6.07, 6.45) is -6.25. The Hall–Kier alpha value is -0.490. The highest BCUT2D eigenvalue weighted by Crippen LogP contribution is 1.96. The summed E-state index contributed by atoms with van der Waals surface area (Å²) < 4.78 is 13.0. The van der Waals surface area contributed by atoms with Crippen LogP contribution >= 0.6 is 0 Å². The van der Waals surface area contributed by atoms with E-state index in [1.165, 1.54) is 0 Å². The fourth-order valence-electron chi connectivity index (χ4n) is 0.344. The smallest absolute Gasteiger partial charge is 0.151 e. The zero-order chi connectivity index (χ0) is 9.94. The van der Waals surface area contributed by atoms with E-state index in [4.69, 9.17) is 23.2 Å². The quantitative estimate of drug-likeness (QED) is 0.328. The zero-order valence-corrected chi connectivity index (χ0v) is 5.01. The van der Waals surface area contributed by atoms with Crippen molar-refractivity contribution in [2.45, 2.75) is 18.3 Å². The van der Waals surface area contributed by atoms with E-state index in [9.17, 15) is 4.79 Å². The minimum atomic E-state index is -3.05. The van der Waals surface area contributed by atoms with E-state index in [-0.39, 0.29) is 6.29 Å². The molecule has 0 amide bonds. The SMILES string of the molecule is [2H]C([2H])(O)[C@@H](O)[C@@H](O)[C@@H](O)C=O. The summed E-state index contributed by atoms with van der Waals surface area (Å²) in [5, 5.41) is 34.7. The van der Waals surface area contributed by atoms with E-state index in [1.54, 1.807) is 0 Å². The number of aldehydes is 1. The Morgan fingerprint density at radius 1 is 1.50 bits per heavy atom. The van der Waals surface area contributed by atoms with Gasteiger partial charge in [-0.1, -0.05) is 0 Å². The highest BCUT2D eigenvalue weighted by Gasteiger charge is 2.22. The van der Waals surface area contributed by atoms with E-state index in [1.807, 2.05) is 0 Å². The van der Waals surface area contributed by atoms with Crippen LogP contribution in [0.3, 0.4) is 0 Å². The Morgan fingerprint density at radius 2 is 2.00 bits per heavy atom. The van der Waals surface area contributed by atoms with Crippen LogP contribution in [-0.2, 0) is 4.79 Å². The van der Waals surface area contributed by atoms with Gasteiger partial charge in [0, 0.05) is 0 Å². The van der Waals surface area contributed by atoms with Gasteiger partial charge in [-0.3, -0.25) is 0 Å². The van der Waals surface area contributed by atoms with E-state index >= 15 is 0 Å². The van der Waals surface area contributed by atoms with Crippen LogP contribution in [0, 0.1) is 0 Å². The molecule has 0 bridgehead atoms. The summed E-state index contributed by atoms with van der Waals surface area (Å²) in [7, 11) is 0. The average molecular weight is 152 g/mol. The van der Waals surface area contributed by atoms with Gasteiger partial charge in [0.1, 0.15) is 18.3 Å². The molecular weight excluding hydrogens is 140 g/mol. The lowest BCUT2D eigenvalue weighted by Gasteiger charge is -2.16. The zero-order valence-electron chi connectivity index (χ0n) is 7.01. The fraction of sp³-hybridized carbons (Fsp3) is 0.800. The van der Waals surface area contributed by atoms with Crippen molar-refractivity contribution >= 4 is 6.29 Å². The van der Waals surface area contributed by atoms with Gasteiger partial charge in [-0.15, -0.1) is 0 Å². The Balaban J connectivity index is 4.28. The Bertz CT molecular complexity index is 156. The van der Waals surface area contributed by atoms with Gasteiger partial charge in [0.2, 0.25) is 0 Å². The molecule has 0 aromatic rings. The van der Waals surface area contributed by atoms with Crippen LogP contribution < -0.4 is 0 Å². The van der Waals surface area contributed by atoms with E-state index < -0.39 is 24.9 Å². The van der Waals surface area contributed by atoms with Crippen molar-refractivity contribution in [1.82, 2.24) is 0 Å². The van der Waals surface area contributed by atoms with Crippen molar-refractivity contribution in [3.63, 3.8) is 0 Å². The molecule has 0 spiro atoms. The maximum absolute atomic E-state index is 9.85. The first kappa shape index (κ1) is 6.23. The van der Waals surface area contributed by atoms with Gasteiger partial charge >= 0.3 is 0 Å². The van der Waals surface area contributed by atoms with Gasteiger partial charge in [0.25, 0.3) is 0 Å². The molecule has 0 fully saturated rings. The van der Waals surface area contributed by atoms with Gasteiger partial charge in [-0.05, 0) is 0 Å². The monoisotopic (exact) mass is 152 g/mol. The lowest BCUT2D eigenvalue weighted by molar-refractivity contribution is -0.127. The Labute approximate surface area is 60.3 Å². The minimum Gasteiger partial charge on any atom is -0.394 e. The topological polar surface area (TPSA) is 98.0 Å². The molecule has 0 radical (unpaired) electrons. The van der Waals surface area contributed by atoms with Crippen molar-refractivity contribution < 1.29 is 28.0 Å². The molecule has 10 heavy (non-hydrogen) atoms. The third kappa shape index (κ3) is 2.40. The summed E-state index contributed by atoms with van der Waals surface area (Å²) in [5.41, 5.74) is 0. The van der Waals surface area contributed by atoms with E-state index in [0.29, 0.717) is 0 Å². The number of aliphatic hydroxyl groups excluding tert-OH is 3. The molecule has 0 aliphatic carbocycles. The van der Waals surface area contributed by atoms with Gasteiger partial charge in [-0.2, -0.15) is 0 Å². The maximum Gasteiger partial charge on any atom is 0.151 e. The summed E-state index contributed by atoms with van der Waals surface area (Å²) >= 11 is 0. The van der Waals surface area contributed by atoms with Crippen molar-refractivity contribution in [3.05, 3.63) is 0 Å². The van der Waals surface area contributed by atoms with Gasteiger partial charge < -0.3 is 25.2 Å². The van der Waals surface area contributed by atoms with Gasteiger partial charge in [0.15, 0.2) is 6.29 Å². The molecule has 60 valence electrons. The molecule has 0 heterocycles. The molecule has 0 aromatic heterocycles. The molecule has 5 nitrogen and oxygen atoms in total. The van der Waals surface area contributed by atoms with Crippen LogP contribution in [0.1, 0.15) is 2.74 Å². The predicted octanol–water partition coefficient (Wildman–Crippen LogP) is -2.74. The number of hydrogen-bond acceptors (Lipinski definition) is 5. The third-order valence-corrected chi connectivity index (χ3v) is 0.945. The molecule has 0 unspecified atom stereocenters. The molecule has 0 aliphatic rings. The molecule has 3 atom stereocenters. The number of carbonyl (C=O) groups is 1. The van der Waals surface area contributed by atoms with Crippen LogP contribution in [0.15, 0.2) is 0 Å². The number of aliphatic hydroxyl groups is 4. The molecule has 0 saturated carbocycles. The second-order valence-electron chi connectivity index (χ2n) is 1.69. The van der Waals surface area contributed by atoms with Crippen molar-refractivity contribution in [2.75, 3.05) is 6.56 Å². The standard InChI is InChI=1S/C5H10O5/c6-1-3(8)5(10)4(9)2-7/h1,3-5,7-10H,2H2/t3-,4+,5-/m0/s1/i2D2. The lowest BCUT2D eigenvalue weighted by Crippen LogP contribution is -2.40. The number of rotatable bonds is 4. The van der Waals surface area contributed by atoms with Crippen LogP contribution in [0.4, 0.5) is 0 Å². The Kier molecular flexibility index (Phi) is 2.71. The maximum atomic E-state index is 9.85. The Morgan fingerprint density at radius 3 is 2.30 bits per heavy atom. The number of hydrogen-bond donors (Lipinski definition) is 4. The predicted molar refractivity (Wildman–Crippen MR) is 31.2 cm³/mol. The van der Waals surface area contributed by atoms with Crippen LogP contribution in [-0.4, -0.2) is 51.6 Å². The molecule has 0 aromatic carbocycles. The first-order valence-electron chi connectivity index (χ1n) is 3.52. The molecule has 0 rings (SSSR count). The highest BCUT2D eigenvalue weighted by molar-refractivity contribution is 5.56. The first-order chi connectivity index (χ1) is 5.30. The average Bonchev–Trinajstić information content (AvgIpc) is 1.98. The van der Waals surface area contributed by atoms with Gasteiger partial charge in [0.05, 0.1) is 9.30 Å². The first-order valence-corrected chi connectivity index (χ1v) is 2.52. The van der Waals surface area contributed by atoms with Gasteiger partial charge in [-0.25, -0.2) is 0 Å². The van der Waals surface area contributed by atoms with E-state index in [0.717, 1.165) is 0 Å². The summed E-state index contributed by atoms with van der Waals surface area (Å²) in [6.45, 7) is -3.05. The molecule has 4 N–H and O–H groups in total. The van der Waals surface area contributed by atoms with Crippen LogP contribution in [0.2, 0.25) is 0 Å². The van der Waals surface area contributed by atoms with Crippen molar-refractivity contribution in [3.8, 4) is 0 Å². The summed E-state index contributed by atoms with van der Waals surface area (Å²) in [6, 6.07) is 0. The minimum absolute atomic E-state index is 0.0698. The molecule has 0 saturated heterocycles. The highest BCUT2D eigenvalue weighted by atomic mass is 16.4. The lowest BCUT2D eigenvalue weighted by atomic mass is 10.1. The second-order valence-corrected chi connectivity index (χ2v) is 1.69. The summed E-state index contributed by atoms with van der Waals surface area (Å²) in [4.78, 5) is 9.85. The molecule has 5 heteroatoms. The van der Waals surface area contributed by atoms with E-state index in [2.05, 4.69) is 0 Å². The van der Waals surface area contributed by atoms with Crippen LogP contribution in [0.5, 0.6) is 0 Å². The molecular formula is C5H10O5. The normalized spacial score (nSPS) is 24.0. The largest absolute Gasteiger partial charge is 0.394 e. The van der Waals surface area contributed by atoms with Crippen molar-refractivity contribution in [1.29, 1.82) is 0 Å². The van der Waals surface area contributed by atoms with Crippen LogP contribution in [0.25, 0.3) is 0 Å². The van der Waals surface area contributed by atoms with Crippen molar-refractivity contribution in [2.24, 2.45) is 0 Å². The fourth-order valence-corrected chi connectivity index (χ4v) is 0.344. The second kappa shape index (κ2) is 4.35. The molecule has 0 aliphatic heterocycles.